The molecule has 8 heteroatoms. The Kier molecular flexibility index (Phi) is 4.86. The number of H-pyrrole nitrogens is 2. The summed E-state index contributed by atoms with van der Waals surface area (Å²) in [4.78, 5) is 15.0. The van der Waals surface area contributed by atoms with Crippen LogP contribution in [0.25, 0.3) is 11.2 Å². The molecule has 0 bridgehead atoms. The number of fused-ring (bicyclic) bond motifs is 1. The molecule has 0 spiro atoms. The molecule has 3 rings (SSSR count). The molecule has 2 aromatic heterocycles. The number of nitrogens with two attached hydrogens (primary N) is 1. The zero-order valence-corrected chi connectivity index (χ0v) is 14.4. The summed E-state index contributed by atoms with van der Waals surface area (Å²) < 4.78 is 0. The van der Waals surface area contributed by atoms with E-state index in [0.717, 1.165) is 16.7 Å². The van der Waals surface area contributed by atoms with E-state index in [9.17, 15) is 5.11 Å². The van der Waals surface area contributed by atoms with Gasteiger partial charge in [-0.1, -0.05) is 34.8 Å². The van der Waals surface area contributed by atoms with Gasteiger partial charge in [0, 0.05) is 5.75 Å². The molecule has 3 aromatic rings. The lowest BCUT2D eigenvalue weighted by Crippen LogP contribution is -2.26. The van der Waals surface area contributed by atoms with Gasteiger partial charge < -0.3 is 15.8 Å². The third-order valence-electron chi connectivity index (χ3n) is 3.52. The molecule has 0 unspecified atom stereocenters. The Bertz CT molecular complexity index is 850. The molecule has 126 valence electrons. The van der Waals surface area contributed by atoms with Crippen molar-refractivity contribution in [2.45, 2.75) is 30.8 Å². The van der Waals surface area contributed by atoms with Crippen molar-refractivity contribution < 1.29 is 10.1 Å². The highest BCUT2D eigenvalue weighted by Gasteiger charge is 2.19. The van der Waals surface area contributed by atoms with Crippen LogP contribution in [0.15, 0.2) is 29.4 Å². The number of aryl methyl sites for hydroxylation is 1. The van der Waals surface area contributed by atoms with Gasteiger partial charge in [0.2, 0.25) is 11.8 Å². The fourth-order valence-electron chi connectivity index (χ4n) is 2.35. The minimum absolute atomic E-state index is 0.0209. The van der Waals surface area contributed by atoms with E-state index in [0.29, 0.717) is 17.1 Å². The van der Waals surface area contributed by atoms with E-state index in [1.807, 2.05) is 6.92 Å². The molecule has 6 N–H and O–H groups in total. The molecule has 0 aliphatic rings. The van der Waals surface area contributed by atoms with Crippen LogP contribution in [0.3, 0.4) is 0 Å². The summed E-state index contributed by atoms with van der Waals surface area (Å²) in [7, 11) is 0. The van der Waals surface area contributed by atoms with Crippen molar-refractivity contribution in [2.75, 3.05) is 17.7 Å². The van der Waals surface area contributed by atoms with Crippen LogP contribution in [0.1, 0.15) is 18.1 Å². The van der Waals surface area contributed by atoms with E-state index >= 15 is 0 Å². The number of aromatic nitrogens is 4. The quantitative estimate of drug-likeness (QED) is 0.400. The second-order valence-corrected chi connectivity index (χ2v) is 6.71. The number of hydrogen-bond donors (Lipinski definition) is 4. The van der Waals surface area contributed by atoms with Crippen molar-refractivity contribution in [3.63, 3.8) is 0 Å². The highest BCUT2D eigenvalue weighted by molar-refractivity contribution is 7.98. The van der Waals surface area contributed by atoms with E-state index in [1.54, 1.807) is 11.8 Å². The second kappa shape index (κ2) is 7.06. The average Bonchev–Trinajstić information content (AvgIpc) is 2.93. The van der Waals surface area contributed by atoms with Crippen LogP contribution in [0.2, 0.25) is 0 Å². The summed E-state index contributed by atoms with van der Waals surface area (Å²) in [5.74, 6) is 1.83. The summed E-state index contributed by atoms with van der Waals surface area (Å²) in [6.45, 7) is 3.99. The van der Waals surface area contributed by atoms with Crippen molar-refractivity contribution in [3.05, 3.63) is 35.4 Å². The number of hydrogen-bond acceptors (Lipinski definition) is 6. The molecule has 0 saturated heterocycles. The molecule has 0 fully saturated rings. The van der Waals surface area contributed by atoms with Crippen LogP contribution in [-0.2, 0) is 5.75 Å². The van der Waals surface area contributed by atoms with E-state index < -0.39 is 0 Å². The average molecular weight is 345 g/mol. The minimum atomic E-state index is -0.106. The minimum Gasteiger partial charge on any atom is -0.393 e. The van der Waals surface area contributed by atoms with Gasteiger partial charge in [-0.15, -0.1) is 0 Å². The van der Waals surface area contributed by atoms with Crippen molar-refractivity contribution in [3.8, 4) is 0 Å². The van der Waals surface area contributed by atoms with E-state index in [4.69, 9.17) is 5.73 Å². The van der Waals surface area contributed by atoms with Crippen LogP contribution >= 0.6 is 11.8 Å². The van der Waals surface area contributed by atoms with Crippen LogP contribution in [-0.4, -0.2) is 32.7 Å². The first-order valence-electron chi connectivity index (χ1n) is 7.69. The lowest BCUT2D eigenvalue weighted by Gasteiger charge is -2.08. The number of nitrogens with one attached hydrogen (secondary N) is 3. The molecular weight excluding hydrogens is 324 g/mol. The fraction of sp³-hybridized carbons (Fsp3) is 0.312. The molecule has 2 heterocycles. The summed E-state index contributed by atoms with van der Waals surface area (Å²) in [6.07, 6.45) is 0. The van der Waals surface area contributed by atoms with Crippen LogP contribution < -0.4 is 16.0 Å². The van der Waals surface area contributed by atoms with Crippen molar-refractivity contribution >= 4 is 34.7 Å². The normalized spacial score (nSPS) is 12.5. The predicted molar refractivity (Wildman–Crippen MR) is 95.8 cm³/mol. The summed E-state index contributed by atoms with van der Waals surface area (Å²) in [5.41, 5.74) is 9.47. The van der Waals surface area contributed by atoms with E-state index in [2.05, 4.69) is 56.4 Å². The van der Waals surface area contributed by atoms with Crippen LogP contribution in [0.4, 0.5) is 11.8 Å². The Morgan fingerprint density at radius 2 is 2.25 bits per heavy atom. The van der Waals surface area contributed by atoms with Crippen molar-refractivity contribution in [1.29, 1.82) is 0 Å². The number of aromatic amines is 2. The third-order valence-corrected chi connectivity index (χ3v) is 4.46. The Balaban J connectivity index is 1.87. The Morgan fingerprint density at radius 1 is 1.42 bits per heavy atom. The maximum Gasteiger partial charge on any atom is 0.299 e. The molecule has 0 radical (unpaired) electrons. The molecule has 24 heavy (non-hydrogen) atoms. The lowest BCUT2D eigenvalue weighted by atomic mass is 10.2. The van der Waals surface area contributed by atoms with Crippen LogP contribution in [0.5, 0.6) is 0 Å². The van der Waals surface area contributed by atoms with Gasteiger partial charge in [0.25, 0.3) is 10.8 Å². The van der Waals surface area contributed by atoms with Gasteiger partial charge in [0.05, 0.1) is 12.6 Å². The number of nitrogen functional groups attached to an aromatic ring is 1. The monoisotopic (exact) mass is 345 g/mol. The number of imidazole rings is 1. The number of rotatable bonds is 6. The second-order valence-electron chi connectivity index (χ2n) is 5.74. The van der Waals surface area contributed by atoms with Gasteiger partial charge in [-0.2, -0.15) is 4.98 Å². The first-order chi connectivity index (χ1) is 11.5. The first-order valence-corrected chi connectivity index (χ1v) is 8.68. The summed E-state index contributed by atoms with van der Waals surface area (Å²) in [5, 5.41) is 13.2. The summed E-state index contributed by atoms with van der Waals surface area (Å²) in [6, 6.07) is 8.28. The predicted octanol–water partition coefficient (Wildman–Crippen LogP) is 1.75. The maximum atomic E-state index is 9.27. The van der Waals surface area contributed by atoms with Gasteiger partial charge in [0.1, 0.15) is 0 Å². The molecular formula is C16H21N6OS+. The Morgan fingerprint density at radius 3 is 3.00 bits per heavy atom. The zero-order chi connectivity index (χ0) is 17.1. The lowest BCUT2D eigenvalue weighted by molar-refractivity contribution is -0.416. The number of nitrogens with zero attached hydrogens (tertiary/aromatic N) is 2. The van der Waals surface area contributed by atoms with Crippen molar-refractivity contribution in [2.24, 2.45) is 0 Å². The number of thioether (sulfide) groups is 1. The van der Waals surface area contributed by atoms with Gasteiger partial charge in [-0.05, 0) is 31.2 Å². The zero-order valence-electron chi connectivity index (χ0n) is 13.6. The van der Waals surface area contributed by atoms with Gasteiger partial charge in [-0.25, -0.2) is 4.98 Å². The van der Waals surface area contributed by atoms with Gasteiger partial charge in [0.15, 0.2) is 5.52 Å². The van der Waals surface area contributed by atoms with Crippen molar-refractivity contribution in [1.82, 2.24) is 15.0 Å². The molecule has 1 aromatic carbocycles. The maximum absolute atomic E-state index is 9.27. The van der Waals surface area contributed by atoms with E-state index in [-0.39, 0.29) is 12.6 Å². The number of anilines is 2. The summed E-state index contributed by atoms with van der Waals surface area (Å²) >= 11 is 1.59. The molecule has 7 nitrogen and oxygen atoms in total. The third kappa shape index (κ3) is 3.77. The van der Waals surface area contributed by atoms with Gasteiger partial charge >= 0.3 is 0 Å². The molecule has 0 saturated carbocycles. The highest BCUT2D eigenvalue weighted by atomic mass is 32.2. The number of aliphatic hydroxyl groups is 1. The SMILES string of the molecule is Cc1cccc(CSc2nc3nc(N)[nH]c3c(N[C@H](C)CO)[nH+]2)c1. The molecule has 0 aliphatic heterocycles. The number of benzene rings is 1. The fourth-order valence-corrected chi connectivity index (χ4v) is 3.16. The Labute approximate surface area is 144 Å². The highest BCUT2D eigenvalue weighted by Crippen LogP contribution is 2.23. The molecule has 0 amide bonds. The molecule has 0 aliphatic carbocycles. The number of aliphatic hydroxyl groups excluding tert-OH is 1. The largest absolute Gasteiger partial charge is 0.393 e. The molecule has 1 atom stereocenters. The first kappa shape index (κ1) is 16.5. The van der Waals surface area contributed by atoms with E-state index in [1.165, 1.54) is 11.1 Å². The Hall–Kier alpha value is -2.32. The van der Waals surface area contributed by atoms with Crippen LogP contribution in [0, 0.1) is 6.92 Å². The smallest absolute Gasteiger partial charge is 0.299 e. The standard InChI is InChI=1S/C16H20N6OS/c1-9-4-3-5-11(6-9)8-24-16-21-13(18-10(2)7-23)12-14(22-16)20-15(17)19-12/h3-6,10,23H,7-8H2,1-2H3,(H4,17,18,19,20,21,22)/p+1/t10-/m1/s1. The van der Waals surface area contributed by atoms with Gasteiger partial charge in [-0.3, -0.25) is 5.32 Å². The topological polar surface area (TPSA) is 114 Å².